The van der Waals surface area contributed by atoms with Crippen LogP contribution in [0.25, 0.3) is 0 Å². The number of sulfone groups is 1. The molecule has 3 aliphatic rings. The molecule has 0 radical (unpaired) electrons. The Labute approximate surface area is 160 Å². The number of nitrogens with zero attached hydrogens (tertiary/aromatic N) is 1. The van der Waals surface area contributed by atoms with Gasteiger partial charge in [0.15, 0.2) is 15.1 Å². The first-order chi connectivity index (χ1) is 12.8. The molecule has 7 heteroatoms. The molecule has 1 aromatic rings. The number of carbonyl (C=O) groups excluding carboxylic acids is 1. The van der Waals surface area contributed by atoms with Crippen molar-refractivity contribution in [3.8, 4) is 0 Å². The van der Waals surface area contributed by atoms with Crippen LogP contribution in [0.1, 0.15) is 44.6 Å². The first-order valence-corrected chi connectivity index (χ1v) is 11.4. The third-order valence-corrected chi connectivity index (χ3v) is 8.59. The highest BCUT2D eigenvalue weighted by Crippen LogP contribution is 2.50. The fourth-order valence-electron chi connectivity index (χ4n) is 5.01. The highest BCUT2D eigenvalue weighted by atomic mass is 32.2. The van der Waals surface area contributed by atoms with E-state index >= 15 is 0 Å². The highest BCUT2D eigenvalue weighted by Gasteiger charge is 2.49. The molecule has 0 spiro atoms. The van der Waals surface area contributed by atoms with Crippen molar-refractivity contribution in [1.29, 1.82) is 0 Å². The van der Waals surface area contributed by atoms with E-state index in [1.807, 2.05) is 18.2 Å². The Morgan fingerprint density at radius 1 is 1.30 bits per heavy atom. The molecule has 1 aliphatic carbocycles. The van der Waals surface area contributed by atoms with E-state index in [9.17, 15) is 13.2 Å². The predicted molar refractivity (Wildman–Crippen MR) is 107 cm³/mol. The van der Waals surface area contributed by atoms with Gasteiger partial charge in [0.25, 0.3) is 0 Å². The lowest BCUT2D eigenvalue weighted by atomic mass is 9.66. The summed E-state index contributed by atoms with van der Waals surface area (Å²) in [6.07, 6.45) is 2.56. The van der Waals surface area contributed by atoms with Gasteiger partial charge < -0.3 is 10.6 Å². The minimum atomic E-state index is -3.69. The van der Waals surface area contributed by atoms with Crippen LogP contribution in [-0.4, -0.2) is 49.7 Å². The predicted octanol–water partition coefficient (Wildman–Crippen LogP) is 2.13. The summed E-state index contributed by atoms with van der Waals surface area (Å²) in [7, 11) is -3.69. The molecular formula is C20H27N3O3S. The summed E-state index contributed by atoms with van der Waals surface area (Å²) in [5, 5.41) is 5.07. The Bertz CT molecular complexity index is 895. The smallest absolute Gasteiger partial charge is 0.244 e. The summed E-state index contributed by atoms with van der Waals surface area (Å²) in [5.41, 5.74) is 2.20. The number of aliphatic imine (C=N–C) groups is 1. The number of anilines is 1. The minimum absolute atomic E-state index is 0.0392. The number of amides is 1. The standard InChI is InChI=1S/C20H27N3O3S/c1-13-7-8-20(11-16(13)15-5-3-4-6-17(15)23-20)12-27(25,26)18-14(2)21-9-10-22-19(18)24/h3-6,13,16,18,23H,7-12H2,1-2H3,(H,22,24). The molecule has 1 saturated carbocycles. The topological polar surface area (TPSA) is 87.6 Å². The number of hydrogen-bond acceptors (Lipinski definition) is 5. The molecule has 2 aliphatic heterocycles. The van der Waals surface area contributed by atoms with Crippen LogP contribution < -0.4 is 10.6 Å². The molecule has 1 aromatic carbocycles. The van der Waals surface area contributed by atoms with Gasteiger partial charge in [0.1, 0.15) is 0 Å². The van der Waals surface area contributed by atoms with Crippen LogP contribution in [0, 0.1) is 5.92 Å². The number of rotatable bonds is 3. The van der Waals surface area contributed by atoms with Gasteiger partial charge in [-0.2, -0.15) is 0 Å². The van der Waals surface area contributed by atoms with E-state index in [1.54, 1.807) is 6.92 Å². The molecule has 0 aromatic heterocycles. The molecule has 4 atom stereocenters. The Kier molecular flexibility index (Phi) is 4.53. The van der Waals surface area contributed by atoms with Crippen molar-refractivity contribution in [3.05, 3.63) is 29.8 Å². The van der Waals surface area contributed by atoms with E-state index in [2.05, 4.69) is 28.6 Å². The van der Waals surface area contributed by atoms with Crippen molar-refractivity contribution in [2.45, 2.75) is 49.8 Å². The minimum Gasteiger partial charge on any atom is -0.378 e. The number of fused-ring (bicyclic) bond motifs is 4. The van der Waals surface area contributed by atoms with Gasteiger partial charge in [0, 0.05) is 17.9 Å². The summed E-state index contributed by atoms with van der Waals surface area (Å²) >= 11 is 0. The zero-order chi connectivity index (χ0) is 19.2. The van der Waals surface area contributed by atoms with Crippen molar-refractivity contribution in [1.82, 2.24) is 5.32 Å². The van der Waals surface area contributed by atoms with E-state index in [0.717, 1.165) is 24.9 Å². The van der Waals surface area contributed by atoms with E-state index in [4.69, 9.17) is 0 Å². The van der Waals surface area contributed by atoms with Crippen molar-refractivity contribution in [2.75, 3.05) is 24.2 Å². The molecular weight excluding hydrogens is 362 g/mol. The van der Waals surface area contributed by atoms with E-state index in [1.165, 1.54) is 5.56 Å². The summed E-state index contributed by atoms with van der Waals surface area (Å²) in [4.78, 5) is 16.7. The lowest BCUT2D eigenvalue weighted by molar-refractivity contribution is -0.119. The van der Waals surface area contributed by atoms with Gasteiger partial charge in [-0.25, -0.2) is 8.42 Å². The fraction of sp³-hybridized carbons (Fsp3) is 0.600. The second-order valence-electron chi connectivity index (χ2n) is 8.32. The first-order valence-electron chi connectivity index (χ1n) is 9.69. The quantitative estimate of drug-likeness (QED) is 0.829. The average molecular weight is 390 g/mol. The van der Waals surface area contributed by atoms with Crippen LogP contribution in [0.4, 0.5) is 5.69 Å². The third kappa shape index (κ3) is 3.26. The zero-order valence-electron chi connectivity index (χ0n) is 15.9. The molecule has 6 nitrogen and oxygen atoms in total. The van der Waals surface area contributed by atoms with Crippen LogP contribution in [0.5, 0.6) is 0 Å². The van der Waals surface area contributed by atoms with Crippen LogP contribution in [0.3, 0.4) is 0 Å². The molecule has 146 valence electrons. The summed E-state index contributed by atoms with van der Waals surface area (Å²) in [6, 6.07) is 8.20. The summed E-state index contributed by atoms with van der Waals surface area (Å²) in [6.45, 7) is 4.72. The molecule has 1 fully saturated rings. The summed E-state index contributed by atoms with van der Waals surface area (Å²) in [5.74, 6) is 0.391. The maximum absolute atomic E-state index is 13.3. The molecule has 2 bridgehead atoms. The number of carbonyl (C=O) groups is 1. The van der Waals surface area contributed by atoms with Gasteiger partial charge in [-0.15, -0.1) is 0 Å². The average Bonchev–Trinajstić information content (AvgIpc) is 2.78. The molecule has 4 unspecified atom stereocenters. The van der Waals surface area contributed by atoms with Crippen molar-refractivity contribution in [3.63, 3.8) is 0 Å². The SMILES string of the molecule is CC1=NCCNC(=O)C1S(=O)(=O)CC12CCC(C)C(C1)c1ccccc1N2. The summed E-state index contributed by atoms with van der Waals surface area (Å²) < 4.78 is 26.7. The maximum Gasteiger partial charge on any atom is 0.244 e. The first kappa shape index (κ1) is 18.5. The zero-order valence-corrected chi connectivity index (χ0v) is 16.7. The van der Waals surface area contributed by atoms with Gasteiger partial charge in [0.05, 0.1) is 17.8 Å². The molecule has 27 heavy (non-hydrogen) atoms. The lowest BCUT2D eigenvalue weighted by Crippen LogP contribution is -2.55. The fourth-order valence-corrected chi connectivity index (χ4v) is 7.29. The second-order valence-corrected chi connectivity index (χ2v) is 10.4. The van der Waals surface area contributed by atoms with Gasteiger partial charge in [-0.1, -0.05) is 25.1 Å². The Morgan fingerprint density at radius 2 is 2.07 bits per heavy atom. The van der Waals surface area contributed by atoms with Gasteiger partial charge in [-0.3, -0.25) is 9.79 Å². The Balaban J connectivity index is 1.68. The van der Waals surface area contributed by atoms with Crippen LogP contribution >= 0.6 is 0 Å². The molecule has 2 heterocycles. The number of benzene rings is 1. The van der Waals surface area contributed by atoms with Crippen LogP contribution in [0.15, 0.2) is 29.3 Å². The molecule has 2 N–H and O–H groups in total. The second kappa shape index (κ2) is 6.62. The Hall–Kier alpha value is -1.89. The Morgan fingerprint density at radius 3 is 2.89 bits per heavy atom. The highest BCUT2D eigenvalue weighted by molar-refractivity contribution is 7.93. The molecule has 0 saturated heterocycles. The van der Waals surface area contributed by atoms with Crippen molar-refractivity contribution >= 4 is 27.1 Å². The van der Waals surface area contributed by atoms with Gasteiger partial charge >= 0.3 is 0 Å². The van der Waals surface area contributed by atoms with Crippen molar-refractivity contribution < 1.29 is 13.2 Å². The normalized spacial score (nSPS) is 33.2. The van der Waals surface area contributed by atoms with E-state index < -0.39 is 26.5 Å². The van der Waals surface area contributed by atoms with Crippen LogP contribution in [-0.2, 0) is 14.6 Å². The van der Waals surface area contributed by atoms with Gasteiger partial charge in [0.2, 0.25) is 5.91 Å². The largest absolute Gasteiger partial charge is 0.378 e. The van der Waals surface area contributed by atoms with E-state index in [0.29, 0.717) is 30.6 Å². The third-order valence-electron chi connectivity index (χ3n) is 6.36. The molecule has 4 rings (SSSR count). The maximum atomic E-state index is 13.3. The lowest BCUT2D eigenvalue weighted by Gasteiger charge is -2.50. The number of nitrogens with one attached hydrogen (secondary N) is 2. The number of hydrogen-bond donors (Lipinski definition) is 2. The monoisotopic (exact) mass is 389 g/mol. The van der Waals surface area contributed by atoms with Crippen LogP contribution in [0.2, 0.25) is 0 Å². The van der Waals surface area contributed by atoms with E-state index in [-0.39, 0.29) is 5.75 Å². The van der Waals surface area contributed by atoms with Gasteiger partial charge in [-0.05, 0) is 49.7 Å². The number of para-hydroxylation sites is 1. The molecule has 1 amide bonds. The van der Waals surface area contributed by atoms with Crippen molar-refractivity contribution in [2.24, 2.45) is 10.9 Å².